The van der Waals surface area contributed by atoms with Crippen molar-refractivity contribution in [3.63, 3.8) is 0 Å². The first-order valence-corrected chi connectivity index (χ1v) is 5.17. The third-order valence-corrected chi connectivity index (χ3v) is 2.18. The Kier molecular flexibility index (Phi) is 4.11. The van der Waals surface area contributed by atoms with Gasteiger partial charge in [-0.15, -0.1) is 0 Å². The van der Waals surface area contributed by atoms with Gasteiger partial charge in [0.1, 0.15) is 0 Å². The normalized spacial score (nSPS) is 13.8. The number of nitrogens with zero attached hydrogens (tertiary/aromatic N) is 1. The summed E-state index contributed by atoms with van der Waals surface area (Å²) in [4.78, 5) is 10.5. The van der Waals surface area contributed by atoms with Gasteiger partial charge >= 0.3 is 16.2 Å². The lowest BCUT2D eigenvalue weighted by molar-refractivity contribution is -0.976. The lowest BCUT2D eigenvalue weighted by atomic mass is 10.7. The van der Waals surface area contributed by atoms with E-state index < -0.39 is 22.1 Å². The van der Waals surface area contributed by atoms with Crippen molar-refractivity contribution < 1.29 is 27.9 Å². The highest BCUT2D eigenvalue weighted by Crippen LogP contribution is 1.79. The summed E-state index contributed by atoms with van der Waals surface area (Å²) in [7, 11) is -2.82. The Morgan fingerprint density at radius 2 is 2.00 bits per heavy atom. The number of carbonyl (C=O) groups is 1. The molecule has 0 aliphatic carbocycles. The van der Waals surface area contributed by atoms with Crippen molar-refractivity contribution in [2.75, 3.05) is 19.5 Å². The second kappa shape index (κ2) is 4.40. The van der Waals surface area contributed by atoms with Crippen molar-refractivity contribution in [2.24, 2.45) is 0 Å². The van der Waals surface area contributed by atoms with Crippen LogP contribution in [0.15, 0.2) is 0 Å². The molecular formula is C5H13N2O5S+. The molecule has 0 fully saturated rings. The summed E-state index contributed by atoms with van der Waals surface area (Å²) in [5.41, 5.74) is 0. The van der Waals surface area contributed by atoms with Crippen LogP contribution >= 0.6 is 0 Å². The highest BCUT2D eigenvalue weighted by atomic mass is 32.2. The third kappa shape index (κ3) is 4.65. The number of hydrogen-bond donors (Lipinski definition) is 3. The Bertz CT molecular complexity index is 275. The average molecular weight is 213 g/mol. The Hall–Kier alpha value is -0.860. The van der Waals surface area contributed by atoms with Gasteiger partial charge in [0, 0.05) is 0 Å². The highest BCUT2D eigenvalue weighted by molar-refractivity contribution is 7.85. The second-order valence-corrected chi connectivity index (χ2v) is 3.94. The van der Waals surface area contributed by atoms with Crippen LogP contribution in [0.4, 0.5) is 4.79 Å². The summed E-state index contributed by atoms with van der Waals surface area (Å²) in [6.07, 6.45) is -1.23. The van der Waals surface area contributed by atoms with Crippen molar-refractivity contribution in [2.45, 2.75) is 6.92 Å². The molecule has 0 saturated carbocycles. The number of amides is 1. The van der Waals surface area contributed by atoms with Crippen LogP contribution in [0.3, 0.4) is 0 Å². The third-order valence-electron chi connectivity index (χ3n) is 1.40. The van der Waals surface area contributed by atoms with Gasteiger partial charge in [-0.3, -0.25) is 4.55 Å². The molecule has 1 unspecified atom stereocenters. The van der Waals surface area contributed by atoms with Gasteiger partial charge in [-0.05, 0) is 6.92 Å². The van der Waals surface area contributed by atoms with Gasteiger partial charge in [0.2, 0.25) is 5.88 Å². The lowest BCUT2D eigenvalue weighted by Crippen LogP contribution is -3.16. The molecule has 0 saturated heterocycles. The molecule has 0 bridgehead atoms. The van der Waals surface area contributed by atoms with Gasteiger partial charge in [-0.1, -0.05) is 0 Å². The summed E-state index contributed by atoms with van der Waals surface area (Å²) in [5.74, 6) is -0.660. The maximum absolute atomic E-state index is 10.5. The van der Waals surface area contributed by atoms with Crippen LogP contribution < -0.4 is 5.01 Å². The van der Waals surface area contributed by atoms with Crippen LogP contribution in [-0.2, 0) is 10.1 Å². The van der Waals surface area contributed by atoms with Crippen LogP contribution in [-0.4, -0.2) is 48.6 Å². The van der Waals surface area contributed by atoms with E-state index in [-0.39, 0.29) is 11.6 Å². The minimum absolute atomic E-state index is 0.0810. The minimum Gasteiger partial charge on any atom is -0.462 e. The minimum atomic E-state index is -4.15. The Balaban J connectivity index is 4.40. The first-order valence-electron chi connectivity index (χ1n) is 3.56. The van der Waals surface area contributed by atoms with E-state index in [4.69, 9.17) is 9.66 Å². The Labute approximate surface area is 76.3 Å². The quantitative estimate of drug-likeness (QED) is 0.380. The van der Waals surface area contributed by atoms with E-state index >= 15 is 0 Å². The summed E-state index contributed by atoms with van der Waals surface area (Å²) in [6, 6.07) is 0. The Morgan fingerprint density at radius 1 is 1.54 bits per heavy atom. The average Bonchev–Trinajstić information content (AvgIpc) is 1.82. The molecular weight excluding hydrogens is 200 g/mol. The summed E-state index contributed by atoms with van der Waals surface area (Å²) in [6.45, 7) is 1.72. The molecule has 13 heavy (non-hydrogen) atoms. The largest absolute Gasteiger partial charge is 0.462 e. The van der Waals surface area contributed by atoms with Crippen LogP contribution in [0.5, 0.6) is 0 Å². The van der Waals surface area contributed by atoms with E-state index in [9.17, 15) is 13.2 Å². The van der Waals surface area contributed by atoms with Gasteiger partial charge in [0.25, 0.3) is 0 Å². The fraction of sp³-hybridized carbons (Fsp3) is 0.800. The topological polar surface area (TPSA) is 99.4 Å². The first-order chi connectivity index (χ1) is 5.78. The number of hydrogen-bond acceptors (Lipinski definition) is 3. The molecule has 0 rings (SSSR count). The molecule has 0 radical (unpaired) electrons. The van der Waals surface area contributed by atoms with E-state index in [0.29, 0.717) is 0 Å². The maximum atomic E-state index is 10.5. The molecule has 7 nitrogen and oxygen atoms in total. The zero-order valence-electron chi connectivity index (χ0n) is 7.39. The van der Waals surface area contributed by atoms with Crippen molar-refractivity contribution in [1.82, 2.24) is 5.01 Å². The summed E-state index contributed by atoms with van der Waals surface area (Å²) < 4.78 is 29.2. The molecule has 78 valence electrons. The molecule has 1 amide bonds. The van der Waals surface area contributed by atoms with Gasteiger partial charge < -0.3 is 5.11 Å². The molecule has 0 aliphatic rings. The SMILES string of the molecule is CCN(C(=O)O)[NH+](C)CS(=O)(=O)O. The Morgan fingerprint density at radius 3 is 2.23 bits per heavy atom. The predicted octanol–water partition coefficient (Wildman–Crippen LogP) is -1.74. The van der Waals surface area contributed by atoms with Crippen LogP contribution in [0.2, 0.25) is 0 Å². The molecule has 0 aromatic heterocycles. The number of carboxylic acid groups (broad SMARTS) is 1. The second-order valence-electron chi connectivity index (χ2n) is 2.49. The van der Waals surface area contributed by atoms with Crippen LogP contribution in [0, 0.1) is 0 Å². The molecule has 3 N–H and O–H groups in total. The van der Waals surface area contributed by atoms with E-state index in [1.807, 2.05) is 0 Å². The summed E-state index contributed by atoms with van der Waals surface area (Å²) >= 11 is 0. The lowest BCUT2D eigenvalue weighted by Gasteiger charge is -2.22. The molecule has 1 atom stereocenters. The van der Waals surface area contributed by atoms with Gasteiger partial charge in [0.05, 0.1) is 13.6 Å². The monoisotopic (exact) mass is 213 g/mol. The van der Waals surface area contributed by atoms with E-state index in [0.717, 1.165) is 5.01 Å². The van der Waals surface area contributed by atoms with E-state index in [1.165, 1.54) is 7.05 Å². The molecule has 0 aromatic rings. The van der Waals surface area contributed by atoms with Crippen LogP contribution in [0.25, 0.3) is 0 Å². The van der Waals surface area contributed by atoms with Gasteiger partial charge in [-0.25, -0.2) is 9.80 Å². The number of quaternary nitrogens is 1. The van der Waals surface area contributed by atoms with Gasteiger partial charge in [0.15, 0.2) is 0 Å². The van der Waals surface area contributed by atoms with Crippen molar-refractivity contribution in [3.8, 4) is 0 Å². The zero-order chi connectivity index (χ0) is 10.6. The molecule has 0 aromatic carbocycles. The van der Waals surface area contributed by atoms with Crippen LogP contribution in [0.1, 0.15) is 6.92 Å². The van der Waals surface area contributed by atoms with Crippen molar-refractivity contribution in [1.29, 1.82) is 0 Å². The number of nitrogens with one attached hydrogen (secondary N) is 1. The zero-order valence-corrected chi connectivity index (χ0v) is 8.21. The van der Waals surface area contributed by atoms with Gasteiger partial charge in [-0.2, -0.15) is 13.4 Å². The predicted molar refractivity (Wildman–Crippen MR) is 43.7 cm³/mol. The highest BCUT2D eigenvalue weighted by Gasteiger charge is 2.23. The standard InChI is InChI=1S/C5H12N2O5S/c1-3-7(5(8)9)6(2)4-13(10,11)12/h3-4H2,1-2H3,(H,8,9)(H,10,11,12)/p+1. The molecule has 8 heteroatoms. The summed E-state index contributed by atoms with van der Waals surface area (Å²) in [5, 5.41) is 9.51. The van der Waals surface area contributed by atoms with E-state index in [1.54, 1.807) is 6.92 Å². The smallest absolute Gasteiger partial charge is 0.451 e. The first kappa shape index (κ1) is 12.1. The molecule has 0 aliphatic heterocycles. The van der Waals surface area contributed by atoms with Crippen molar-refractivity contribution >= 4 is 16.2 Å². The molecule has 0 spiro atoms. The fourth-order valence-electron chi connectivity index (χ4n) is 0.910. The van der Waals surface area contributed by atoms with E-state index in [2.05, 4.69) is 0 Å². The molecule has 0 heterocycles. The maximum Gasteiger partial charge on any atom is 0.451 e. The fourth-order valence-corrected chi connectivity index (χ4v) is 1.59. The van der Waals surface area contributed by atoms with Crippen molar-refractivity contribution in [3.05, 3.63) is 0 Å². The number of rotatable bonds is 4.